The Kier molecular flexibility index (Phi) is 2.72. The number of nitrogens with zero attached hydrogens (tertiary/aromatic N) is 2. The molecule has 4 heteroatoms. The summed E-state index contributed by atoms with van der Waals surface area (Å²) in [6, 6.07) is 7.58. The molecule has 0 aliphatic rings. The van der Waals surface area contributed by atoms with Gasteiger partial charge in [-0.1, -0.05) is 12.1 Å². The quantitative estimate of drug-likeness (QED) is 0.736. The lowest BCUT2D eigenvalue weighted by Crippen LogP contribution is -1.94. The Bertz CT molecular complexity index is 517. The molecule has 0 radical (unpaired) electrons. The lowest BCUT2D eigenvalue weighted by atomic mass is 10.2. The summed E-state index contributed by atoms with van der Waals surface area (Å²) >= 11 is 0. The second-order valence-corrected chi connectivity index (χ2v) is 3.42. The van der Waals surface area contributed by atoms with E-state index in [0.717, 1.165) is 23.4 Å². The summed E-state index contributed by atoms with van der Waals surface area (Å²) in [7, 11) is 3.46. The van der Waals surface area contributed by atoms with Crippen molar-refractivity contribution in [1.82, 2.24) is 9.55 Å². The van der Waals surface area contributed by atoms with E-state index in [2.05, 4.69) is 4.98 Å². The highest BCUT2D eigenvalue weighted by Crippen LogP contribution is 2.28. The average Bonchev–Trinajstić information content (AvgIpc) is 2.70. The minimum atomic E-state index is 0.420. The largest absolute Gasteiger partial charge is 0.496 e. The first-order valence-electron chi connectivity index (χ1n) is 4.88. The van der Waals surface area contributed by atoms with Crippen molar-refractivity contribution in [2.75, 3.05) is 7.11 Å². The minimum Gasteiger partial charge on any atom is -0.496 e. The maximum atomic E-state index is 10.7. The van der Waals surface area contributed by atoms with Crippen molar-refractivity contribution in [3.63, 3.8) is 0 Å². The number of para-hydroxylation sites is 1. The Morgan fingerprint density at radius 2 is 2.12 bits per heavy atom. The van der Waals surface area contributed by atoms with Crippen molar-refractivity contribution in [2.24, 2.45) is 7.05 Å². The highest BCUT2D eigenvalue weighted by molar-refractivity contribution is 5.74. The predicted octanol–water partition coefficient (Wildman–Crippen LogP) is 1.91. The van der Waals surface area contributed by atoms with Crippen molar-refractivity contribution in [2.45, 2.75) is 0 Å². The Morgan fingerprint density at radius 1 is 1.38 bits per heavy atom. The second-order valence-electron chi connectivity index (χ2n) is 3.42. The lowest BCUT2D eigenvalue weighted by Gasteiger charge is -2.07. The van der Waals surface area contributed by atoms with Crippen LogP contribution in [-0.4, -0.2) is 22.9 Å². The van der Waals surface area contributed by atoms with Crippen molar-refractivity contribution >= 4 is 6.29 Å². The molecule has 2 rings (SSSR count). The molecule has 0 N–H and O–H groups in total. The molecule has 0 amide bonds. The topological polar surface area (TPSA) is 44.1 Å². The number of carbonyl (C=O) groups excluding carboxylic acids is 1. The highest BCUT2D eigenvalue weighted by Gasteiger charge is 2.11. The fourth-order valence-electron chi connectivity index (χ4n) is 1.63. The molecular weight excluding hydrogens is 204 g/mol. The van der Waals surface area contributed by atoms with E-state index < -0.39 is 0 Å². The third-order valence-corrected chi connectivity index (χ3v) is 2.36. The van der Waals surface area contributed by atoms with Crippen LogP contribution in [0.25, 0.3) is 11.4 Å². The first-order chi connectivity index (χ1) is 7.76. The second kappa shape index (κ2) is 4.18. The molecule has 2 aromatic rings. The van der Waals surface area contributed by atoms with Gasteiger partial charge in [0, 0.05) is 13.2 Å². The van der Waals surface area contributed by atoms with Crippen LogP contribution in [0, 0.1) is 0 Å². The summed E-state index contributed by atoms with van der Waals surface area (Å²) in [5, 5.41) is 0. The van der Waals surface area contributed by atoms with Crippen molar-refractivity contribution in [3.8, 4) is 17.1 Å². The Hall–Kier alpha value is -2.10. The number of hydrogen-bond acceptors (Lipinski definition) is 3. The maximum absolute atomic E-state index is 10.7. The van der Waals surface area contributed by atoms with E-state index in [4.69, 9.17) is 4.74 Å². The zero-order valence-electron chi connectivity index (χ0n) is 9.18. The molecule has 0 aliphatic heterocycles. The van der Waals surface area contributed by atoms with Gasteiger partial charge in [0.1, 0.15) is 17.3 Å². The molecule has 1 aromatic carbocycles. The Labute approximate surface area is 93.5 Å². The number of benzene rings is 1. The van der Waals surface area contributed by atoms with Crippen LogP contribution in [0.3, 0.4) is 0 Å². The molecule has 0 unspecified atom stereocenters. The normalized spacial score (nSPS) is 10.1. The molecule has 0 bridgehead atoms. The molecule has 1 aromatic heterocycles. The van der Waals surface area contributed by atoms with Crippen LogP contribution in [0.4, 0.5) is 0 Å². The van der Waals surface area contributed by atoms with Gasteiger partial charge in [0.05, 0.1) is 12.7 Å². The average molecular weight is 216 g/mol. The van der Waals surface area contributed by atoms with Crippen LogP contribution in [-0.2, 0) is 7.05 Å². The van der Waals surface area contributed by atoms with Crippen LogP contribution in [0.2, 0.25) is 0 Å². The molecule has 1 heterocycles. The third kappa shape index (κ3) is 1.69. The van der Waals surface area contributed by atoms with Gasteiger partial charge in [-0.15, -0.1) is 0 Å². The fraction of sp³-hybridized carbons (Fsp3) is 0.167. The van der Waals surface area contributed by atoms with E-state index in [9.17, 15) is 4.79 Å². The maximum Gasteiger partial charge on any atom is 0.170 e. The fourth-order valence-corrected chi connectivity index (χ4v) is 1.63. The number of carbonyl (C=O) groups is 1. The molecule has 16 heavy (non-hydrogen) atoms. The number of rotatable bonds is 3. The van der Waals surface area contributed by atoms with Gasteiger partial charge in [-0.25, -0.2) is 4.98 Å². The molecule has 0 aliphatic carbocycles. The minimum absolute atomic E-state index is 0.420. The standard InChI is InChI=1S/C12H12N2O2/c1-14-7-9(8-15)13-12(14)10-5-3-4-6-11(10)16-2/h3-8H,1-2H3. The molecule has 0 saturated heterocycles. The molecule has 0 spiro atoms. The van der Waals surface area contributed by atoms with E-state index in [-0.39, 0.29) is 0 Å². The zero-order valence-corrected chi connectivity index (χ0v) is 9.18. The lowest BCUT2D eigenvalue weighted by molar-refractivity contribution is 0.111. The molecule has 82 valence electrons. The summed E-state index contributed by atoms with van der Waals surface area (Å²) < 4.78 is 7.06. The van der Waals surface area contributed by atoms with Crippen LogP contribution in [0.15, 0.2) is 30.5 Å². The van der Waals surface area contributed by atoms with Crippen molar-refractivity contribution in [3.05, 3.63) is 36.2 Å². The predicted molar refractivity (Wildman–Crippen MR) is 60.6 cm³/mol. The van der Waals surface area contributed by atoms with Gasteiger partial charge in [0.15, 0.2) is 6.29 Å². The molecule has 0 saturated carbocycles. The molecular formula is C12H12N2O2. The van der Waals surface area contributed by atoms with Crippen LogP contribution < -0.4 is 4.74 Å². The van der Waals surface area contributed by atoms with E-state index >= 15 is 0 Å². The summed E-state index contributed by atoms with van der Waals surface area (Å²) in [5.74, 6) is 1.47. The molecule has 0 fully saturated rings. The van der Waals surface area contributed by atoms with E-state index in [1.165, 1.54) is 0 Å². The summed E-state index contributed by atoms with van der Waals surface area (Å²) in [5.41, 5.74) is 1.30. The van der Waals surface area contributed by atoms with Gasteiger partial charge in [-0.2, -0.15) is 0 Å². The number of aldehydes is 1. The molecule has 0 atom stereocenters. The van der Waals surface area contributed by atoms with Gasteiger partial charge in [-0.3, -0.25) is 4.79 Å². The van der Waals surface area contributed by atoms with Crippen LogP contribution in [0.5, 0.6) is 5.75 Å². The molecule has 4 nitrogen and oxygen atoms in total. The smallest absolute Gasteiger partial charge is 0.170 e. The first kappa shape index (κ1) is 10.4. The number of aromatic nitrogens is 2. The SMILES string of the molecule is COc1ccccc1-c1nc(C=O)cn1C. The number of imidazole rings is 1. The summed E-state index contributed by atoms with van der Waals surface area (Å²) in [4.78, 5) is 14.9. The number of ether oxygens (including phenoxy) is 1. The van der Waals surface area contributed by atoms with E-state index in [1.807, 2.05) is 35.9 Å². The van der Waals surface area contributed by atoms with Crippen LogP contribution in [0.1, 0.15) is 10.5 Å². The van der Waals surface area contributed by atoms with Gasteiger partial charge in [0.2, 0.25) is 0 Å². The third-order valence-electron chi connectivity index (χ3n) is 2.36. The Morgan fingerprint density at radius 3 is 2.75 bits per heavy atom. The number of methoxy groups -OCH3 is 1. The Balaban J connectivity index is 2.57. The van der Waals surface area contributed by atoms with E-state index in [1.54, 1.807) is 13.3 Å². The first-order valence-corrected chi connectivity index (χ1v) is 4.88. The highest BCUT2D eigenvalue weighted by atomic mass is 16.5. The van der Waals surface area contributed by atoms with Crippen molar-refractivity contribution < 1.29 is 9.53 Å². The summed E-state index contributed by atoms with van der Waals surface area (Å²) in [6.07, 6.45) is 2.42. The van der Waals surface area contributed by atoms with Gasteiger partial charge < -0.3 is 9.30 Å². The number of hydrogen-bond donors (Lipinski definition) is 0. The van der Waals surface area contributed by atoms with Crippen molar-refractivity contribution in [1.29, 1.82) is 0 Å². The zero-order chi connectivity index (χ0) is 11.5. The van der Waals surface area contributed by atoms with Gasteiger partial charge in [0.25, 0.3) is 0 Å². The number of aryl methyl sites for hydroxylation is 1. The van der Waals surface area contributed by atoms with Gasteiger partial charge in [-0.05, 0) is 12.1 Å². The summed E-state index contributed by atoms with van der Waals surface area (Å²) in [6.45, 7) is 0. The van der Waals surface area contributed by atoms with Gasteiger partial charge >= 0.3 is 0 Å². The van der Waals surface area contributed by atoms with E-state index in [0.29, 0.717) is 5.69 Å². The monoisotopic (exact) mass is 216 g/mol. The van der Waals surface area contributed by atoms with Crippen LogP contribution >= 0.6 is 0 Å².